The van der Waals surface area contributed by atoms with E-state index in [1.54, 1.807) is 7.05 Å². The molecule has 0 atom stereocenters. The van der Waals surface area contributed by atoms with Crippen molar-refractivity contribution in [2.75, 3.05) is 7.05 Å². The van der Waals surface area contributed by atoms with E-state index >= 15 is 0 Å². The molecule has 4 nitrogen and oxygen atoms in total. The van der Waals surface area contributed by atoms with Crippen LogP contribution in [-0.4, -0.2) is 18.4 Å². The van der Waals surface area contributed by atoms with Gasteiger partial charge in [0.1, 0.15) is 0 Å². The van der Waals surface area contributed by atoms with Gasteiger partial charge >= 0.3 is 0 Å². The molecule has 3 N–H and O–H groups in total. The van der Waals surface area contributed by atoms with Gasteiger partial charge in [0, 0.05) is 13.2 Å². The zero-order chi connectivity index (χ0) is 12.8. The summed E-state index contributed by atoms with van der Waals surface area (Å²) in [6.45, 7) is -0.460. The van der Waals surface area contributed by atoms with Gasteiger partial charge in [-0.15, -0.1) is 0 Å². The second kappa shape index (κ2) is 5.95. The summed E-state index contributed by atoms with van der Waals surface area (Å²) >= 11 is 0. The number of halogens is 2. The fourth-order valence-corrected chi connectivity index (χ4v) is 1.16. The maximum atomic E-state index is 13.4. The average Bonchev–Trinajstić information content (AvgIpc) is 2.31. The van der Waals surface area contributed by atoms with Gasteiger partial charge in [-0.1, -0.05) is 0 Å². The third-order valence-corrected chi connectivity index (χ3v) is 1.89. The predicted octanol–water partition coefficient (Wildman–Crippen LogP) is 1.55. The third-order valence-electron chi connectivity index (χ3n) is 1.89. The van der Waals surface area contributed by atoms with E-state index in [4.69, 9.17) is 15.3 Å². The number of benzene rings is 1. The van der Waals surface area contributed by atoms with Crippen LogP contribution in [-0.2, 0) is 6.61 Å². The van der Waals surface area contributed by atoms with Crippen LogP contribution in [0.3, 0.4) is 0 Å². The summed E-state index contributed by atoms with van der Waals surface area (Å²) in [4.78, 5) is 0. The van der Waals surface area contributed by atoms with Gasteiger partial charge in [0.15, 0.2) is 23.1 Å². The second-order valence-corrected chi connectivity index (χ2v) is 3.13. The van der Waals surface area contributed by atoms with Crippen molar-refractivity contribution in [3.05, 3.63) is 41.3 Å². The van der Waals surface area contributed by atoms with Gasteiger partial charge in [-0.2, -0.15) is 0 Å². The van der Waals surface area contributed by atoms with E-state index in [1.165, 1.54) is 6.20 Å². The van der Waals surface area contributed by atoms with E-state index in [1.807, 2.05) is 0 Å². The minimum atomic E-state index is -0.932. The van der Waals surface area contributed by atoms with Crippen molar-refractivity contribution < 1.29 is 18.6 Å². The monoisotopic (exact) mass is 242 g/mol. The maximum Gasteiger partial charge on any atom is 0.198 e. The molecule has 0 unspecified atom stereocenters. The first-order chi connectivity index (χ1) is 8.12. The zero-order valence-electron chi connectivity index (χ0n) is 9.13. The summed E-state index contributed by atoms with van der Waals surface area (Å²) in [5.74, 6) is -2.51. The van der Waals surface area contributed by atoms with Crippen LogP contribution in [0.2, 0.25) is 0 Å². The van der Waals surface area contributed by atoms with Crippen LogP contribution in [0, 0.1) is 17.0 Å². The first-order valence-electron chi connectivity index (χ1n) is 4.77. The molecule has 0 heterocycles. The number of hydrogen-bond acceptors (Lipinski definition) is 4. The number of hydrogen-bond donors (Lipinski definition) is 3. The van der Waals surface area contributed by atoms with E-state index in [0.717, 1.165) is 18.3 Å². The maximum absolute atomic E-state index is 13.4. The van der Waals surface area contributed by atoms with Crippen LogP contribution in [0.1, 0.15) is 5.56 Å². The number of nitrogens with one attached hydrogen (secondary N) is 2. The van der Waals surface area contributed by atoms with E-state index < -0.39 is 24.0 Å². The summed E-state index contributed by atoms with van der Waals surface area (Å²) in [7, 11) is 1.56. The summed E-state index contributed by atoms with van der Waals surface area (Å²) in [6.07, 6.45) is 2.10. The van der Waals surface area contributed by atoms with Gasteiger partial charge in [-0.25, -0.2) is 8.78 Å². The minimum Gasteiger partial charge on any atom is -0.448 e. The third kappa shape index (κ3) is 3.25. The molecule has 0 aliphatic rings. The number of allylic oxidation sites excluding steroid dienone is 1. The molecule has 0 saturated carbocycles. The molecule has 0 radical (unpaired) electrons. The molecule has 0 bridgehead atoms. The Labute approximate surface area is 97.0 Å². The molecular weight excluding hydrogens is 230 g/mol. The highest BCUT2D eigenvalue weighted by molar-refractivity contribution is 5.73. The molecule has 6 heteroatoms. The van der Waals surface area contributed by atoms with Gasteiger partial charge in [0.25, 0.3) is 0 Å². The van der Waals surface area contributed by atoms with Crippen LogP contribution in [0.4, 0.5) is 8.78 Å². The van der Waals surface area contributed by atoms with E-state index in [2.05, 4.69) is 5.32 Å². The largest absolute Gasteiger partial charge is 0.448 e. The molecule has 1 aromatic rings. The Morgan fingerprint density at radius 3 is 2.47 bits per heavy atom. The number of rotatable bonds is 5. The van der Waals surface area contributed by atoms with Crippen LogP contribution < -0.4 is 10.1 Å². The van der Waals surface area contributed by atoms with Crippen molar-refractivity contribution in [2.24, 2.45) is 0 Å². The smallest absolute Gasteiger partial charge is 0.198 e. The first-order valence-corrected chi connectivity index (χ1v) is 4.77. The van der Waals surface area contributed by atoms with E-state index in [-0.39, 0.29) is 11.3 Å². The Kier molecular flexibility index (Phi) is 4.59. The fourth-order valence-electron chi connectivity index (χ4n) is 1.16. The summed E-state index contributed by atoms with van der Waals surface area (Å²) < 4.78 is 31.8. The number of ether oxygens (including phenoxy) is 1. The van der Waals surface area contributed by atoms with Crippen molar-refractivity contribution >= 4 is 6.21 Å². The zero-order valence-corrected chi connectivity index (χ0v) is 9.13. The summed E-state index contributed by atoms with van der Waals surface area (Å²) in [6, 6.07) is 1.94. The quantitative estimate of drug-likeness (QED) is 0.542. The molecule has 92 valence electrons. The highest BCUT2D eigenvalue weighted by Crippen LogP contribution is 2.24. The van der Waals surface area contributed by atoms with Gasteiger partial charge in [-0.3, -0.25) is 0 Å². The first kappa shape index (κ1) is 13.1. The average molecular weight is 242 g/mol. The van der Waals surface area contributed by atoms with Crippen molar-refractivity contribution in [2.45, 2.75) is 6.61 Å². The molecule has 17 heavy (non-hydrogen) atoms. The molecule has 0 fully saturated rings. The lowest BCUT2D eigenvalue weighted by atomic mass is 10.2. The molecule has 0 spiro atoms. The number of aliphatic hydroxyl groups excluding tert-OH is 1. The van der Waals surface area contributed by atoms with Crippen LogP contribution in [0.25, 0.3) is 0 Å². The predicted molar refractivity (Wildman–Crippen MR) is 58.8 cm³/mol. The topological polar surface area (TPSA) is 65.3 Å². The summed E-state index contributed by atoms with van der Waals surface area (Å²) in [5.41, 5.74) is 0.112. The van der Waals surface area contributed by atoms with E-state index in [0.29, 0.717) is 0 Å². The van der Waals surface area contributed by atoms with Crippen molar-refractivity contribution in [3.63, 3.8) is 0 Å². The highest BCUT2D eigenvalue weighted by Gasteiger charge is 2.13. The number of aliphatic hydroxyl groups is 1. The van der Waals surface area contributed by atoms with Crippen LogP contribution >= 0.6 is 0 Å². The lowest BCUT2D eigenvalue weighted by molar-refractivity contribution is 0.279. The van der Waals surface area contributed by atoms with E-state index in [9.17, 15) is 8.78 Å². The van der Waals surface area contributed by atoms with Crippen molar-refractivity contribution in [3.8, 4) is 5.75 Å². The minimum absolute atomic E-state index is 0.0398. The summed E-state index contributed by atoms with van der Waals surface area (Å²) in [5, 5.41) is 18.3. The van der Waals surface area contributed by atoms with Crippen LogP contribution in [0.5, 0.6) is 5.75 Å². The Morgan fingerprint density at radius 2 is 2.06 bits per heavy atom. The van der Waals surface area contributed by atoms with Gasteiger partial charge in [0.05, 0.1) is 12.8 Å². The van der Waals surface area contributed by atoms with Gasteiger partial charge in [-0.05, 0) is 17.7 Å². The van der Waals surface area contributed by atoms with Gasteiger partial charge in [0.2, 0.25) is 0 Å². The van der Waals surface area contributed by atoms with Crippen molar-refractivity contribution in [1.29, 1.82) is 5.41 Å². The Morgan fingerprint density at radius 1 is 1.47 bits per heavy atom. The molecule has 0 amide bonds. The normalized spacial score (nSPS) is 11.2. The molecule has 0 saturated heterocycles. The van der Waals surface area contributed by atoms with Crippen LogP contribution in [0.15, 0.2) is 24.1 Å². The second-order valence-electron chi connectivity index (χ2n) is 3.13. The lowest BCUT2D eigenvalue weighted by Crippen LogP contribution is -2.06. The molecule has 1 aromatic carbocycles. The molecular formula is C11H12F2N2O2. The Bertz CT molecular complexity index is 424. The Hall–Kier alpha value is -1.95. The standard InChI is InChI=1S/C11H12F2N2O2/c1-15-5-8(4-14)17-11-9(12)2-7(6-16)3-10(11)13/h2-5,14-16H,6H2,1H3/b8-5+,14-4?. The molecule has 0 aliphatic carbocycles. The van der Waals surface area contributed by atoms with Crippen molar-refractivity contribution in [1.82, 2.24) is 5.32 Å². The van der Waals surface area contributed by atoms with Gasteiger partial charge < -0.3 is 20.6 Å². The molecule has 0 aliphatic heterocycles. The SMILES string of the molecule is CN/C=C(\C=N)Oc1c(F)cc(CO)cc1F. The lowest BCUT2D eigenvalue weighted by Gasteiger charge is -2.09. The molecule has 0 aromatic heterocycles. The molecule has 1 rings (SSSR count). The Balaban J connectivity index is 3.06. The fraction of sp³-hybridized carbons (Fsp3) is 0.182. The highest BCUT2D eigenvalue weighted by atomic mass is 19.1.